The Morgan fingerprint density at radius 1 is 1.08 bits per heavy atom. The first kappa shape index (κ1) is 15.4. The van der Waals surface area contributed by atoms with Crippen molar-refractivity contribution in [3.05, 3.63) is 0 Å². The summed E-state index contributed by atoms with van der Waals surface area (Å²) in [4.78, 5) is 0. The van der Waals surface area contributed by atoms with Gasteiger partial charge < -0.3 is 14.3 Å². The van der Waals surface area contributed by atoms with Gasteiger partial charge >= 0.3 is 18.4 Å². The van der Waals surface area contributed by atoms with Gasteiger partial charge in [-0.3, -0.25) is 0 Å². The standard InChI is InChI=1S/C3H3F5O2.H6OSi2/c4-1(5)2(6,7)3(8,9)10;2-1-3/h1,9-10H;2-3H3. The Hall–Kier alpha value is -0.0362. The molecule has 0 rings (SSSR count). The molecule has 2 N–H and O–H groups in total. The quantitative estimate of drug-likeness (QED) is 0.337. The Morgan fingerprint density at radius 3 is 1.31 bits per heavy atom. The molecule has 82 valence electrons. The first-order valence-electron chi connectivity index (χ1n) is 2.81. The van der Waals surface area contributed by atoms with Crippen molar-refractivity contribution in [2.45, 2.75) is 18.4 Å². The second kappa shape index (κ2) is 5.64. The maximum absolute atomic E-state index is 11.4. The molecule has 0 heterocycles. The van der Waals surface area contributed by atoms with E-state index in [0.717, 1.165) is 21.0 Å². The van der Waals surface area contributed by atoms with E-state index in [1.54, 1.807) is 0 Å². The molecule has 0 radical (unpaired) electrons. The van der Waals surface area contributed by atoms with Crippen molar-refractivity contribution >= 4 is 21.0 Å². The Morgan fingerprint density at radius 2 is 1.31 bits per heavy atom. The lowest BCUT2D eigenvalue weighted by Gasteiger charge is -2.21. The van der Waals surface area contributed by atoms with E-state index in [1.807, 2.05) is 0 Å². The number of hydrogen-bond donors (Lipinski definition) is 2. The van der Waals surface area contributed by atoms with Gasteiger partial charge in [-0.15, -0.1) is 0 Å². The monoisotopic (exact) mass is 244 g/mol. The molecule has 0 aromatic heterocycles. The molecular formula is C3H9F5O3Si2. The Kier molecular flexibility index (Phi) is 6.70. The van der Waals surface area contributed by atoms with E-state index in [4.69, 9.17) is 10.2 Å². The van der Waals surface area contributed by atoms with Crippen LogP contribution in [-0.2, 0) is 4.12 Å². The van der Waals surface area contributed by atoms with Crippen LogP contribution in [0.5, 0.6) is 0 Å². The highest BCUT2D eigenvalue weighted by Gasteiger charge is 2.60. The summed E-state index contributed by atoms with van der Waals surface area (Å²) in [5, 5.41) is 14.7. The normalized spacial score (nSPS) is 12.9. The molecule has 0 aromatic carbocycles. The predicted molar refractivity (Wildman–Crippen MR) is 40.2 cm³/mol. The zero-order valence-corrected chi connectivity index (χ0v) is 10.8. The molecule has 10 heteroatoms. The first-order valence-corrected chi connectivity index (χ1v) is 4.44. The average molecular weight is 244 g/mol. The molecule has 0 fully saturated rings. The molecule has 0 aromatic rings. The largest absolute Gasteiger partial charge is 0.471 e. The first-order chi connectivity index (χ1) is 5.61. The lowest BCUT2D eigenvalue weighted by atomic mass is 10.3. The third-order valence-corrected chi connectivity index (χ3v) is 0.698. The topological polar surface area (TPSA) is 49.7 Å². The van der Waals surface area contributed by atoms with Crippen LogP contribution < -0.4 is 0 Å². The fraction of sp³-hybridized carbons (Fsp3) is 1.00. The smallest absolute Gasteiger partial charge is 0.390 e. The van der Waals surface area contributed by atoms with Crippen LogP contribution in [0.3, 0.4) is 0 Å². The van der Waals surface area contributed by atoms with Crippen molar-refractivity contribution in [1.29, 1.82) is 0 Å². The molecule has 3 nitrogen and oxygen atoms in total. The molecule has 13 heavy (non-hydrogen) atoms. The predicted octanol–water partition coefficient (Wildman–Crippen LogP) is -1.94. The Balaban J connectivity index is 0. The van der Waals surface area contributed by atoms with E-state index in [2.05, 4.69) is 4.12 Å². The van der Waals surface area contributed by atoms with Crippen molar-refractivity contribution < 1.29 is 36.3 Å². The summed E-state index contributed by atoms with van der Waals surface area (Å²) in [7, 11) is 1.86. The summed E-state index contributed by atoms with van der Waals surface area (Å²) in [6.45, 7) is 0. The Labute approximate surface area is 76.6 Å². The second-order valence-corrected chi connectivity index (χ2v) is 5.19. The SMILES string of the molecule is OC(O)(F)C(F)(F)C(F)F.[SiH3]O[SiH3]. The zero-order valence-electron chi connectivity index (χ0n) is 6.77. The summed E-state index contributed by atoms with van der Waals surface area (Å²) in [5.41, 5.74) is 0. The minimum Gasteiger partial charge on any atom is -0.471 e. The van der Waals surface area contributed by atoms with Crippen molar-refractivity contribution in [2.75, 3.05) is 0 Å². The van der Waals surface area contributed by atoms with E-state index < -0.39 is 18.4 Å². The van der Waals surface area contributed by atoms with Crippen LogP contribution >= 0.6 is 0 Å². The van der Waals surface area contributed by atoms with Gasteiger partial charge in [-0.25, -0.2) is 8.78 Å². The number of hydrogen-bond acceptors (Lipinski definition) is 3. The van der Waals surface area contributed by atoms with Crippen LogP contribution in [0.15, 0.2) is 0 Å². The highest BCUT2D eigenvalue weighted by Crippen LogP contribution is 2.33. The summed E-state index contributed by atoms with van der Waals surface area (Å²) in [6.07, 6.45) is -4.45. The number of aliphatic hydroxyl groups is 2. The number of alkyl halides is 5. The highest BCUT2D eigenvalue weighted by molar-refractivity contribution is 6.15. The van der Waals surface area contributed by atoms with Crippen LogP contribution in [0.4, 0.5) is 22.0 Å². The van der Waals surface area contributed by atoms with Gasteiger partial charge in [0.2, 0.25) is 0 Å². The van der Waals surface area contributed by atoms with Gasteiger partial charge in [0.05, 0.1) is 0 Å². The summed E-state index contributed by atoms with van der Waals surface area (Å²) >= 11 is 0. The molecule has 0 saturated heterocycles. The second-order valence-electron chi connectivity index (χ2n) is 1.92. The van der Waals surface area contributed by atoms with Crippen LogP contribution in [-0.4, -0.2) is 49.6 Å². The molecule has 0 amide bonds. The summed E-state index contributed by atoms with van der Waals surface area (Å²) in [5.74, 6) is -5.45. The fourth-order valence-corrected chi connectivity index (χ4v) is 0.139. The van der Waals surface area contributed by atoms with Crippen LogP contribution in [0.2, 0.25) is 0 Å². The molecule has 0 atom stereocenters. The molecule has 0 aliphatic heterocycles. The molecule has 0 bridgehead atoms. The average Bonchev–Trinajstić information content (AvgIpc) is 1.86. The van der Waals surface area contributed by atoms with Gasteiger partial charge in [0.15, 0.2) is 0 Å². The van der Waals surface area contributed by atoms with E-state index in [0.29, 0.717) is 0 Å². The molecule has 0 spiro atoms. The molecule has 0 aliphatic rings. The third kappa shape index (κ3) is 5.30. The van der Waals surface area contributed by atoms with Crippen LogP contribution in [0.1, 0.15) is 0 Å². The maximum atomic E-state index is 11.4. The lowest BCUT2D eigenvalue weighted by molar-refractivity contribution is -0.391. The fourth-order valence-electron chi connectivity index (χ4n) is 0.139. The lowest BCUT2D eigenvalue weighted by Crippen LogP contribution is -2.49. The van der Waals surface area contributed by atoms with E-state index in [9.17, 15) is 22.0 Å². The van der Waals surface area contributed by atoms with Crippen molar-refractivity contribution in [3.63, 3.8) is 0 Å². The van der Waals surface area contributed by atoms with E-state index >= 15 is 0 Å². The highest BCUT2D eigenvalue weighted by atomic mass is 28.3. The summed E-state index contributed by atoms with van der Waals surface area (Å²) in [6, 6.07) is -5.17. The molecule has 0 aliphatic carbocycles. The van der Waals surface area contributed by atoms with Gasteiger partial charge in [0.1, 0.15) is 21.0 Å². The molecule has 0 unspecified atom stereocenters. The van der Waals surface area contributed by atoms with Crippen LogP contribution in [0.25, 0.3) is 0 Å². The van der Waals surface area contributed by atoms with Crippen LogP contribution in [0, 0.1) is 0 Å². The minimum atomic E-state index is -5.45. The molecule has 0 saturated carbocycles. The Bertz CT molecular complexity index is 137. The maximum Gasteiger partial charge on any atom is 0.390 e. The van der Waals surface area contributed by atoms with Gasteiger partial charge in [0, 0.05) is 0 Å². The van der Waals surface area contributed by atoms with Crippen molar-refractivity contribution in [2.24, 2.45) is 0 Å². The van der Waals surface area contributed by atoms with E-state index in [1.165, 1.54) is 0 Å². The van der Waals surface area contributed by atoms with Gasteiger partial charge in [-0.05, 0) is 0 Å². The third-order valence-electron chi connectivity index (χ3n) is 0.698. The number of rotatable bonds is 2. The minimum absolute atomic E-state index is 0.931. The zero-order chi connectivity index (χ0) is 11.3. The van der Waals surface area contributed by atoms with E-state index in [-0.39, 0.29) is 0 Å². The van der Waals surface area contributed by atoms with Crippen molar-refractivity contribution in [3.8, 4) is 0 Å². The van der Waals surface area contributed by atoms with Gasteiger partial charge in [-0.1, -0.05) is 0 Å². The van der Waals surface area contributed by atoms with Gasteiger partial charge in [0.25, 0.3) is 0 Å². The molecular weight excluding hydrogens is 235 g/mol. The van der Waals surface area contributed by atoms with Gasteiger partial charge in [-0.2, -0.15) is 13.2 Å². The summed E-state index contributed by atoms with van der Waals surface area (Å²) < 4.78 is 60.7. The van der Waals surface area contributed by atoms with Crippen molar-refractivity contribution in [1.82, 2.24) is 0 Å². The number of halogens is 5.